The molecule has 33 heavy (non-hydrogen) atoms. The van der Waals surface area contributed by atoms with Gasteiger partial charge in [-0.3, -0.25) is 4.79 Å². The van der Waals surface area contributed by atoms with Crippen molar-refractivity contribution in [3.05, 3.63) is 94.4 Å². The largest absolute Gasteiger partial charge is 0.489 e. The molecule has 5 aromatic rings. The van der Waals surface area contributed by atoms with Gasteiger partial charge in [-0.25, -0.2) is 4.98 Å². The van der Waals surface area contributed by atoms with E-state index in [9.17, 15) is 4.79 Å². The molecule has 0 fully saturated rings. The molecule has 0 saturated heterocycles. The van der Waals surface area contributed by atoms with Gasteiger partial charge >= 0.3 is 0 Å². The van der Waals surface area contributed by atoms with Gasteiger partial charge in [0.05, 0.1) is 11.0 Å². The van der Waals surface area contributed by atoms with E-state index < -0.39 is 0 Å². The second-order valence-corrected chi connectivity index (χ2v) is 8.22. The van der Waals surface area contributed by atoms with Gasteiger partial charge in [0.2, 0.25) is 0 Å². The number of fused-ring (bicyclic) bond motifs is 2. The zero-order valence-corrected chi connectivity index (χ0v) is 18.5. The highest BCUT2D eigenvalue weighted by Crippen LogP contribution is 2.32. The molecule has 0 aliphatic carbocycles. The number of nitrogens with two attached hydrogens (primary N) is 1. The Labute approximate surface area is 191 Å². The molecular weight excluding hydrogens is 412 g/mol. The predicted octanol–water partition coefficient (Wildman–Crippen LogP) is 4.78. The van der Waals surface area contributed by atoms with Crippen molar-refractivity contribution in [2.24, 2.45) is 5.73 Å². The van der Waals surface area contributed by atoms with E-state index in [0.717, 1.165) is 57.3 Å². The number of H-pyrrole nitrogens is 1. The number of benzene rings is 3. The van der Waals surface area contributed by atoms with Crippen LogP contribution in [0.15, 0.2) is 77.7 Å². The van der Waals surface area contributed by atoms with E-state index in [0.29, 0.717) is 18.8 Å². The van der Waals surface area contributed by atoms with E-state index in [1.165, 1.54) is 0 Å². The summed E-state index contributed by atoms with van der Waals surface area (Å²) in [7, 11) is 0. The van der Waals surface area contributed by atoms with Crippen LogP contribution in [0.2, 0.25) is 0 Å². The SMILES string of the molecule is Cc1cccc2nc(-c3cn(CCCN)c4ccc(OCc5ccccc5)cc34)c(=O)[nH]c12. The predicted molar refractivity (Wildman–Crippen MR) is 132 cm³/mol. The van der Waals surface area contributed by atoms with Gasteiger partial charge in [0, 0.05) is 29.2 Å². The molecule has 0 saturated carbocycles. The lowest BCUT2D eigenvalue weighted by molar-refractivity contribution is 0.306. The second kappa shape index (κ2) is 8.92. The van der Waals surface area contributed by atoms with E-state index in [1.807, 2.05) is 79.9 Å². The second-order valence-electron chi connectivity index (χ2n) is 8.22. The number of aryl methyl sites for hydroxylation is 2. The summed E-state index contributed by atoms with van der Waals surface area (Å²) in [4.78, 5) is 20.8. The molecule has 6 nitrogen and oxygen atoms in total. The molecule has 0 aliphatic rings. The molecule has 0 atom stereocenters. The molecule has 166 valence electrons. The van der Waals surface area contributed by atoms with Gasteiger partial charge in [-0.15, -0.1) is 0 Å². The van der Waals surface area contributed by atoms with Crippen molar-refractivity contribution >= 4 is 21.9 Å². The third kappa shape index (κ3) is 4.13. The summed E-state index contributed by atoms with van der Waals surface area (Å²) < 4.78 is 8.20. The molecule has 5 rings (SSSR count). The highest BCUT2D eigenvalue weighted by atomic mass is 16.5. The zero-order chi connectivity index (χ0) is 22.8. The van der Waals surface area contributed by atoms with Crippen molar-refractivity contribution in [1.82, 2.24) is 14.5 Å². The van der Waals surface area contributed by atoms with E-state index >= 15 is 0 Å². The summed E-state index contributed by atoms with van der Waals surface area (Å²) in [5.74, 6) is 0.747. The number of rotatable bonds is 7. The van der Waals surface area contributed by atoms with E-state index in [2.05, 4.69) is 9.55 Å². The average Bonchev–Trinajstić information content (AvgIpc) is 3.20. The van der Waals surface area contributed by atoms with E-state index in [4.69, 9.17) is 15.5 Å². The minimum absolute atomic E-state index is 0.203. The van der Waals surface area contributed by atoms with Crippen molar-refractivity contribution in [3.8, 4) is 17.0 Å². The summed E-state index contributed by atoms with van der Waals surface area (Å²) in [6, 6.07) is 21.9. The van der Waals surface area contributed by atoms with Crippen LogP contribution < -0.4 is 16.0 Å². The molecule has 0 spiro atoms. The quantitative estimate of drug-likeness (QED) is 0.383. The Kier molecular flexibility index (Phi) is 5.67. The van der Waals surface area contributed by atoms with Crippen LogP contribution in [0.25, 0.3) is 33.2 Å². The number of hydrogen-bond acceptors (Lipinski definition) is 4. The van der Waals surface area contributed by atoms with Crippen LogP contribution in [-0.2, 0) is 13.2 Å². The molecule has 6 heteroatoms. The Morgan fingerprint density at radius 1 is 1.06 bits per heavy atom. The van der Waals surface area contributed by atoms with Crippen molar-refractivity contribution in [1.29, 1.82) is 0 Å². The van der Waals surface area contributed by atoms with Crippen molar-refractivity contribution in [3.63, 3.8) is 0 Å². The fourth-order valence-corrected chi connectivity index (χ4v) is 4.18. The van der Waals surface area contributed by atoms with Gasteiger partial charge in [0.1, 0.15) is 18.1 Å². The number of nitrogens with zero attached hydrogens (tertiary/aromatic N) is 2. The monoisotopic (exact) mass is 438 g/mol. The molecule has 3 N–H and O–H groups in total. The number of aromatic nitrogens is 3. The Hall–Kier alpha value is -3.90. The Morgan fingerprint density at radius 2 is 1.91 bits per heavy atom. The molecule has 2 aromatic heterocycles. The number of hydrogen-bond donors (Lipinski definition) is 2. The number of aromatic amines is 1. The first kappa shape index (κ1) is 21.0. The molecule has 3 aromatic carbocycles. The molecule has 0 amide bonds. The standard InChI is InChI=1S/C27H26N4O2/c1-18-7-5-10-23-25(18)30-27(32)26(29-23)22-16-31(14-6-13-28)24-12-11-20(15-21(22)24)33-17-19-8-3-2-4-9-19/h2-5,7-12,15-16H,6,13-14,17,28H2,1H3,(H,30,32). The Morgan fingerprint density at radius 3 is 2.73 bits per heavy atom. The third-order valence-electron chi connectivity index (χ3n) is 5.90. The van der Waals surface area contributed by atoms with Crippen LogP contribution in [0.1, 0.15) is 17.5 Å². The van der Waals surface area contributed by atoms with Gasteiger partial charge in [-0.1, -0.05) is 42.5 Å². The van der Waals surface area contributed by atoms with Gasteiger partial charge in [-0.2, -0.15) is 0 Å². The van der Waals surface area contributed by atoms with Crippen LogP contribution in [0, 0.1) is 6.92 Å². The maximum Gasteiger partial charge on any atom is 0.275 e. The van der Waals surface area contributed by atoms with Crippen LogP contribution in [0.5, 0.6) is 5.75 Å². The van der Waals surface area contributed by atoms with Crippen molar-refractivity contribution in [2.75, 3.05) is 6.54 Å². The first-order valence-electron chi connectivity index (χ1n) is 11.1. The topological polar surface area (TPSA) is 85.9 Å². The lowest BCUT2D eigenvalue weighted by Crippen LogP contribution is -2.12. The minimum Gasteiger partial charge on any atom is -0.489 e. The lowest BCUT2D eigenvalue weighted by Gasteiger charge is -2.08. The highest BCUT2D eigenvalue weighted by Gasteiger charge is 2.17. The van der Waals surface area contributed by atoms with Crippen LogP contribution in [0.3, 0.4) is 0 Å². The third-order valence-corrected chi connectivity index (χ3v) is 5.90. The summed E-state index contributed by atoms with van der Waals surface area (Å²) in [6.45, 7) is 3.81. The molecular formula is C27H26N4O2. The molecule has 0 radical (unpaired) electrons. The summed E-state index contributed by atoms with van der Waals surface area (Å²) in [5, 5.41) is 0.933. The van der Waals surface area contributed by atoms with E-state index in [-0.39, 0.29) is 5.56 Å². The smallest absolute Gasteiger partial charge is 0.275 e. The summed E-state index contributed by atoms with van der Waals surface area (Å²) in [5.41, 5.74) is 11.4. The fourth-order valence-electron chi connectivity index (χ4n) is 4.18. The van der Waals surface area contributed by atoms with E-state index in [1.54, 1.807) is 0 Å². The Balaban J connectivity index is 1.61. The zero-order valence-electron chi connectivity index (χ0n) is 18.5. The van der Waals surface area contributed by atoms with Gasteiger partial charge in [0.25, 0.3) is 5.56 Å². The molecule has 0 bridgehead atoms. The number of para-hydroxylation sites is 1. The number of ether oxygens (including phenoxy) is 1. The number of nitrogens with one attached hydrogen (secondary N) is 1. The maximum atomic E-state index is 13.1. The highest BCUT2D eigenvalue weighted by molar-refractivity contribution is 5.96. The molecule has 2 heterocycles. The lowest BCUT2D eigenvalue weighted by atomic mass is 10.1. The summed E-state index contributed by atoms with van der Waals surface area (Å²) in [6.07, 6.45) is 2.84. The normalized spacial score (nSPS) is 11.3. The van der Waals surface area contributed by atoms with Crippen molar-refractivity contribution in [2.45, 2.75) is 26.5 Å². The summed E-state index contributed by atoms with van der Waals surface area (Å²) >= 11 is 0. The van der Waals surface area contributed by atoms with Crippen LogP contribution >= 0.6 is 0 Å². The van der Waals surface area contributed by atoms with Gasteiger partial charge in [0.15, 0.2) is 0 Å². The van der Waals surface area contributed by atoms with Gasteiger partial charge in [-0.05, 0) is 55.3 Å². The molecule has 0 aliphatic heterocycles. The van der Waals surface area contributed by atoms with Crippen LogP contribution in [-0.4, -0.2) is 21.1 Å². The first-order chi connectivity index (χ1) is 16.1. The van der Waals surface area contributed by atoms with Crippen molar-refractivity contribution < 1.29 is 4.74 Å². The van der Waals surface area contributed by atoms with Gasteiger partial charge < -0.3 is 20.0 Å². The Bertz CT molecular complexity index is 1490. The van der Waals surface area contributed by atoms with Crippen LogP contribution in [0.4, 0.5) is 0 Å². The first-order valence-corrected chi connectivity index (χ1v) is 11.1. The molecule has 0 unspecified atom stereocenters. The fraction of sp³-hybridized carbons (Fsp3) is 0.185. The average molecular weight is 439 g/mol. The maximum absolute atomic E-state index is 13.1. The minimum atomic E-state index is -0.203.